The second-order valence-corrected chi connectivity index (χ2v) is 7.46. The molecule has 2 heteroatoms. The molecule has 0 heterocycles. The number of halogens is 2. The number of aryl methyl sites for hydroxylation is 1. The van der Waals surface area contributed by atoms with E-state index in [4.69, 9.17) is 23.2 Å². The molecule has 0 bridgehead atoms. The van der Waals surface area contributed by atoms with E-state index in [-0.39, 0.29) is 0 Å². The van der Waals surface area contributed by atoms with E-state index < -0.39 is 0 Å². The van der Waals surface area contributed by atoms with Gasteiger partial charge < -0.3 is 0 Å². The minimum Gasteiger partial charge on any atom is -0.0843 e. The molecule has 0 saturated heterocycles. The predicted molar refractivity (Wildman–Crippen MR) is 102 cm³/mol. The molecule has 3 aromatic carbocycles. The Morgan fingerprint density at radius 3 is 1.12 bits per heavy atom. The van der Waals surface area contributed by atoms with Crippen LogP contribution in [0.2, 0.25) is 10.0 Å². The molecule has 1 aliphatic carbocycles. The molecule has 0 radical (unpaired) electrons. The van der Waals surface area contributed by atoms with Crippen molar-refractivity contribution < 1.29 is 0 Å². The summed E-state index contributed by atoms with van der Waals surface area (Å²) in [5, 5.41) is 1.57. The van der Waals surface area contributed by atoms with Gasteiger partial charge in [0.15, 0.2) is 0 Å². The maximum Gasteiger partial charge on any atom is 0.0406 e. The molecule has 2 unspecified atom stereocenters. The van der Waals surface area contributed by atoms with Crippen molar-refractivity contribution in [3.05, 3.63) is 105 Å². The topological polar surface area (TPSA) is 0 Å². The molecule has 0 spiro atoms. The second-order valence-electron chi connectivity index (χ2n) is 6.59. The minimum absolute atomic E-state index is 0.492. The Morgan fingerprint density at radius 2 is 0.792 bits per heavy atom. The lowest BCUT2D eigenvalue weighted by atomic mass is 10.0. The normalized spacial score (nSPS) is 22.4. The van der Waals surface area contributed by atoms with Gasteiger partial charge in [0, 0.05) is 10.0 Å². The molecule has 24 heavy (non-hydrogen) atoms. The van der Waals surface area contributed by atoms with Crippen molar-refractivity contribution in [1.82, 2.24) is 0 Å². The van der Waals surface area contributed by atoms with E-state index in [1.165, 1.54) is 22.3 Å². The van der Waals surface area contributed by atoms with E-state index >= 15 is 0 Å². The van der Waals surface area contributed by atoms with Crippen LogP contribution >= 0.6 is 23.2 Å². The van der Waals surface area contributed by atoms with Gasteiger partial charge in [-0.2, -0.15) is 0 Å². The van der Waals surface area contributed by atoms with Crippen molar-refractivity contribution >= 4 is 23.2 Å². The molecule has 0 amide bonds. The van der Waals surface area contributed by atoms with Crippen molar-refractivity contribution in [2.24, 2.45) is 0 Å². The van der Waals surface area contributed by atoms with Gasteiger partial charge in [0.2, 0.25) is 0 Å². The van der Waals surface area contributed by atoms with Crippen LogP contribution in [-0.4, -0.2) is 0 Å². The molecule has 1 fully saturated rings. The monoisotopic (exact) mass is 352 g/mol. The molecule has 1 saturated carbocycles. The van der Waals surface area contributed by atoms with Gasteiger partial charge in [-0.1, -0.05) is 77.3 Å². The Balaban J connectivity index is 1.72. The van der Waals surface area contributed by atoms with Gasteiger partial charge in [0.05, 0.1) is 0 Å². The zero-order chi connectivity index (χ0) is 16.7. The summed E-state index contributed by atoms with van der Waals surface area (Å²) in [6, 6.07) is 25.5. The Morgan fingerprint density at radius 1 is 0.500 bits per heavy atom. The molecule has 120 valence electrons. The molecule has 4 rings (SSSR count). The molecule has 0 nitrogen and oxygen atoms in total. The van der Waals surface area contributed by atoms with E-state index in [0.717, 1.165) is 10.0 Å². The van der Waals surface area contributed by atoms with E-state index in [1.54, 1.807) is 0 Å². The average Bonchev–Trinajstić information content (AvgIpc) is 3.32. The highest BCUT2D eigenvalue weighted by molar-refractivity contribution is 6.30. The average molecular weight is 353 g/mol. The summed E-state index contributed by atoms with van der Waals surface area (Å²) in [5.41, 5.74) is 5.40. The van der Waals surface area contributed by atoms with Gasteiger partial charge in [-0.15, -0.1) is 0 Å². The fourth-order valence-electron chi connectivity index (χ4n) is 3.71. The number of benzene rings is 3. The number of rotatable bonds is 3. The predicted octanol–water partition coefficient (Wildman–Crippen LogP) is 6.97. The highest BCUT2D eigenvalue weighted by Crippen LogP contribution is 2.66. The zero-order valence-electron chi connectivity index (χ0n) is 13.4. The Kier molecular flexibility index (Phi) is 4.12. The largest absolute Gasteiger partial charge is 0.0843 e. The summed E-state index contributed by atoms with van der Waals surface area (Å²) in [7, 11) is 0. The van der Waals surface area contributed by atoms with Crippen LogP contribution in [0.5, 0.6) is 0 Å². The van der Waals surface area contributed by atoms with Crippen LogP contribution in [0.25, 0.3) is 0 Å². The lowest BCUT2D eigenvalue weighted by molar-refractivity contribution is 1.02. The maximum atomic E-state index is 6.06. The van der Waals surface area contributed by atoms with Gasteiger partial charge >= 0.3 is 0 Å². The van der Waals surface area contributed by atoms with Crippen LogP contribution in [0, 0.1) is 6.92 Å². The molecular formula is C22H18Cl2. The van der Waals surface area contributed by atoms with Crippen molar-refractivity contribution in [2.75, 3.05) is 0 Å². The fraction of sp³-hybridized carbons (Fsp3) is 0.182. The molecule has 1 aliphatic rings. The van der Waals surface area contributed by atoms with Crippen molar-refractivity contribution in [3.63, 3.8) is 0 Å². The van der Waals surface area contributed by atoms with Crippen molar-refractivity contribution in [1.29, 1.82) is 0 Å². The third-order valence-corrected chi connectivity index (χ3v) is 5.50. The maximum absolute atomic E-state index is 6.06. The minimum atomic E-state index is 0.492. The third kappa shape index (κ3) is 2.97. The first-order chi connectivity index (χ1) is 11.6. The molecule has 0 aliphatic heterocycles. The van der Waals surface area contributed by atoms with Crippen molar-refractivity contribution in [2.45, 2.75) is 24.7 Å². The highest BCUT2D eigenvalue weighted by atomic mass is 35.5. The summed E-state index contributed by atoms with van der Waals surface area (Å²) in [5.74, 6) is 1.49. The first-order valence-corrected chi connectivity index (χ1v) is 8.96. The van der Waals surface area contributed by atoms with Gasteiger partial charge in [-0.25, -0.2) is 0 Å². The smallest absolute Gasteiger partial charge is 0.0406 e. The van der Waals surface area contributed by atoms with Crippen LogP contribution < -0.4 is 0 Å². The fourth-order valence-corrected chi connectivity index (χ4v) is 3.97. The van der Waals surface area contributed by atoms with Gasteiger partial charge in [-0.3, -0.25) is 0 Å². The Bertz CT molecular complexity index is 709. The summed E-state index contributed by atoms with van der Waals surface area (Å²) in [6.07, 6.45) is 0. The molecule has 0 N–H and O–H groups in total. The summed E-state index contributed by atoms with van der Waals surface area (Å²) < 4.78 is 0. The third-order valence-electron chi connectivity index (χ3n) is 4.99. The molecular weight excluding hydrogens is 335 g/mol. The Labute approximate surface area is 153 Å². The summed E-state index contributed by atoms with van der Waals surface area (Å²) in [4.78, 5) is 0. The van der Waals surface area contributed by atoms with E-state index in [1.807, 2.05) is 24.3 Å². The SMILES string of the molecule is Cc1ccc(C2C(c3ccc(Cl)cc3)C2c2ccc(Cl)cc2)cc1. The van der Waals surface area contributed by atoms with Crippen LogP contribution in [0.3, 0.4) is 0 Å². The standard InChI is InChI=1S/C22H18Cl2/c1-14-2-4-15(5-3-14)20-21(16-6-10-18(23)11-7-16)22(20)17-8-12-19(24)13-9-17/h2-13,20-22H,1H3. The van der Waals surface area contributed by atoms with Crippen LogP contribution in [0.15, 0.2) is 72.8 Å². The van der Waals surface area contributed by atoms with Gasteiger partial charge in [0.1, 0.15) is 0 Å². The molecule has 2 atom stereocenters. The summed E-state index contributed by atoms with van der Waals surface area (Å²) >= 11 is 12.1. The van der Waals surface area contributed by atoms with Crippen molar-refractivity contribution in [3.8, 4) is 0 Å². The quantitative estimate of drug-likeness (QED) is 0.477. The molecule has 3 aromatic rings. The Hall–Kier alpha value is -1.76. The van der Waals surface area contributed by atoms with E-state index in [9.17, 15) is 0 Å². The van der Waals surface area contributed by atoms with Gasteiger partial charge in [0.25, 0.3) is 0 Å². The van der Waals surface area contributed by atoms with E-state index in [0.29, 0.717) is 17.8 Å². The lowest BCUT2D eigenvalue weighted by Crippen LogP contribution is -1.84. The zero-order valence-corrected chi connectivity index (χ0v) is 14.9. The number of hydrogen-bond donors (Lipinski definition) is 0. The first kappa shape index (κ1) is 15.7. The lowest BCUT2D eigenvalue weighted by Gasteiger charge is -2.02. The highest BCUT2D eigenvalue weighted by Gasteiger charge is 2.52. The summed E-state index contributed by atoms with van der Waals surface area (Å²) in [6.45, 7) is 2.13. The van der Waals surface area contributed by atoms with Gasteiger partial charge in [-0.05, 0) is 65.6 Å². The number of hydrogen-bond acceptors (Lipinski definition) is 0. The first-order valence-electron chi connectivity index (χ1n) is 8.21. The van der Waals surface area contributed by atoms with Crippen LogP contribution in [0.4, 0.5) is 0 Å². The second kappa shape index (κ2) is 6.27. The van der Waals surface area contributed by atoms with E-state index in [2.05, 4.69) is 55.5 Å². The molecule has 0 aromatic heterocycles. The van der Waals surface area contributed by atoms with Crippen LogP contribution in [-0.2, 0) is 0 Å². The van der Waals surface area contributed by atoms with Crippen LogP contribution in [0.1, 0.15) is 40.0 Å².